The minimum atomic E-state index is -0.993. The van der Waals surface area contributed by atoms with Crippen LogP contribution in [0.2, 0.25) is 0 Å². The van der Waals surface area contributed by atoms with Gasteiger partial charge < -0.3 is 44.7 Å². The van der Waals surface area contributed by atoms with Crippen LogP contribution in [-0.2, 0) is 43.9 Å². The number of fused-ring (bicyclic) bond motifs is 5. The van der Waals surface area contributed by atoms with Crippen LogP contribution < -0.4 is 14.8 Å². The molecule has 6 aromatic rings. The van der Waals surface area contributed by atoms with E-state index in [1.165, 1.54) is 14.0 Å². The van der Waals surface area contributed by atoms with Crippen molar-refractivity contribution in [3.63, 3.8) is 0 Å². The molecule has 0 amide bonds. The highest BCUT2D eigenvalue weighted by molar-refractivity contribution is 5.99. The quantitative estimate of drug-likeness (QED) is 0.0785. The lowest BCUT2D eigenvalue weighted by Gasteiger charge is -2.64. The van der Waals surface area contributed by atoms with Crippen molar-refractivity contribution in [1.82, 2.24) is 5.32 Å². The molecule has 9 atom stereocenters. The van der Waals surface area contributed by atoms with Gasteiger partial charge in [0.1, 0.15) is 18.0 Å². The van der Waals surface area contributed by atoms with Crippen LogP contribution in [0.15, 0.2) is 115 Å². The summed E-state index contributed by atoms with van der Waals surface area (Å²) in [5.41, 5.74) is 6.77. The maximum atomic E-state index is 15.9. The number of hydrogen-bond acceptors (Lipinski definition) is 11. The zero-order valence-corrected chi connectivity index (χ0v) is 42.7. The van der Waals surface area contributed by atoms with Gasteiger partial charge in [-0.15, -0.1) is 0 Å². The molecule has 0 saturated heterocycles. The molecule has 0 aromatic heterocycles. The minimum Gasteiger partial charge on any atom is -0.508 e. The molecule has 6 aromatic carbocycles. The molecule has 11 heteroatoms. The normalized spacial score (nSPS) is 26.7. The van der Waals surface area contributed by atoms with E-state index >= 15 is 4.79 Å². The number of aliphatic hydroxyl groups excluding tert-OH is 1. The van der Waals surface area contributed by atoms with Crippen molar-refractivity contribution in [3.8, 4) is 39.9 Å². The van der Waals surface area contributed by atoms with E-state index in [1.807, 2.05) is 55.6 Å². The molecule has 9 unspecified atom stereocenters. The highest BCUT2D eigenvalue weighted by Crippen LogP contribution is 2.70. The molecule has 384 valence electrons. The summed E-state index contributed by atoms with van der Waals surface area (Å²) in [5, 5.41) is 51.6. The number of methoxy groups -OCH3 is 2. The van der Waals surface area contributed by atoms with Crippen LogP contribution in [-0.4, -0.2) is 71.9 Å². The van der Waals surface area contributed by atoms with Crippen LogP contribution in [0.4, 0.5) is 0 Å². The zero-order chi connectivity index (χ0) is 51.5. The largest absolute Gasteiger partial charge is 0.508 e. The van der Waals surface area contributed by atoms with Crippen molar-refractivity contribution in [2.75, 3.05) is 21.3 Å². The highest BCUT2D eigenvalue weighted by Gasteiger charge is 2.65. The van der Waals surface area contributed by atoms with Crippen LogP contribution in [0.25, 0.3) is 28.0 Å². The van der Waals surface area contributed by atoms with Gasteiger partial charge in [0, 0.05) is 31.2 Å². The fourth-order valence-electron chi connectivity index (χ4n) is 14.8. The Kier molecular flexibility index (Phi) is 13.2. The van der Waals surface area contributed by atoms with Gasteiger partial charge in [-0.25, -0.2) is 0 Å². The number of rotatable bonds is 11. The van der Waals surface area contributed by atoms with Crippen molar-refractivity contribution in [3.05, 3.63) is 154 Å². The maximum absolute atomic E-state index is 15.9. The van der Waals surface area contributed by atoms with Gasteiger partial charge in [-0.2, -0.15) is 0 Å². The topological polar surface area (TPSA) is 164 Å². The lowest BCUT2D eigenvalue weighted by molar-refractivity contribution is -0.178. The molecular formula is C63H67NO10. The van der Waals surface area contributed by atoms with E-state index in [-0.39, 0.29) is 59.2 Å². The van der Waals surface area contributed by atoms with Gasteiger partial charge in [0.15, 0.2) is 23.0 Å². The van der Waals surface area contributed by atoms with Gasteiger partial charge in [-0.3, -0.25) is 9.59 Å². The molecule has 74 heavy (non-hydrogen) atoms. The standard InChI is InChI=1S/C63H67NO10/c1-36(65)73-57-31-45(74-61(70)62(19-9-6-10-20-62)43-17-16-40-23-44(66)29-47(46(40)28-43)39-15-11-14-38(22-39)35-64-2)30-50-48-33-59(72-4)55(68)26-41(48)24-51-54(67)34-52-49-32-56(69)58(71-3)27-42(49)25-53(57)63(52,60(50)51)21-18-37-12-7-5-8-13-37/h5,7-8,11-18,21-23,26-29,32-33,45,50-54,57,60,64,66-69H,6,9-10,19-20,24-25,30-31,34-35H2,1-4H3. The van der Waals surface area contributed by atoms with Gasteiger partial charge in [-0.05, 0) is 179 Å². The lowest BCUT2D eigenvalue weighted by Crippen LogP contribution is -2.62. The molecule has 0 spiro atoms. The van der Waals surface area contributed by atoms with Crippen molar-refractivity contribution in [2.24, 2.45) is 23.2 Å². The third-order valence-electron chi connectivity index (χ3n) is 17.9. The van der Waals surface area contributed by atoms with Crippen molar-refractivity contribution in [2.45, 2.75) is 113 Å². The molecule has 11 rings (SSSR count). The first kappa shape index (κ1) is 49.4. The van der Waals surface area contributed by atoms with Gasteiger partial charge in [-0.1, -0.05) is 92.1 Å². The van der Waals surface area contributed by atoms with E-state index in [4.69, 9.17) is 18.9 Å². The molecular weight excluding hydrogens is 931 g/mol. The summed E-state index contributed by atoms with van der Waals surface area (Å²) in [4.78, 5) is 29.5. The van der Waals surface area contributed by atoms with Crippen molar-refractivity contribution in [1.29, 1.82) is 0 Å². The number of phenolic OH excluding ortho intramolecular Hbond substituents is 3. The first-order chi connectivity index (χ1) is 35.8. The van der Waals surface area contributed by atoms with Gasteiger partial charge >= 0.3 is 11.9 Å². The average molecular weight is 998 g/mol. The Morgan fingerprint density at radius 3 is 2.27 bits per heavy atom. The number of benzene rings is 6. The molecule has 5 N–H and O–H groups in total. The summed E-state index contributed by atoms with van der Waals surface area (Å²) in [5.74, 6) is -1.56. The van der Waals surface area contributed by atoms with E-state index < -0.39 is 35.1 Å². The number of aliphatic hydroxyl groups is 1. The molecule has 0 radical (unpaired) electrons. The Labute approximate surface area is 433 Å². The Hall–Kier alpha value is -6.82. The molecule has 0 bridgehead atoms. The Morgan fingerprint density at radius 1 is 0.757 bits per heavy atom. The SMILES string of the molecule is CNCc1cccc(-c2cc(O)cc3ccc(C4(C(=O)OC5CC(OC(C)=O)C6Cc7cc(OC)c(O)cc7C7CC(O)C8Cc9cc(O)c(OC)cc9C(C5)C8C76C=Cc5ccccc5)CCCCC4)cc23)c1. The predicted octanol–water partition coefficient (Wildman–Crippen LogP) is 11.2. The zero-order valence-electron chi connectivity index (χ0n) is 42.7. The second-order valence-electron chi connectivity index (χ2n) is 21.8. The molecule has 0 heterocycles. The number of ether oxygens (including phenoxy) is 4. The first-order valence-corrected chi connectivity index (χ1v) is 26.5. The molecule has 5 aliphatic rings. The minimum absolute atomic E-state index is 0.0137. The van der Waals surface area contributed by atoms with Crippen LogP contribution >= 0.6 is 0 Å². The van der Waals surface area contributed by atoms with Crippen LogP contribution in [0.5, 0.6) is 28.7 Å². The van der Waals surface area contributed by atoms with Crippen LogP contribution in [0, 0.1) is 23.2 Å². The third kappa shape index (κ3) is 8.55. The monoisotopic (exact) mass is 997 g/mol. The van der Waals surface area contributed by atoms with Crippen LogP contribution in [0.1, 0.15) is 109 Å². The molecule has 3 saturated carbocycles. The average Bonchev–Trinajstić information content (AvgIpc) is 3.48. The summed E-state index contributed by atoms with van der Waals surface area (Å²) >= 11 is 0. The number of hydrogen-bond donors (Lipinski definition) is 5. The summed E-state index contributed by atoms with van der Waals surface area (Å²) < 4.78 is 25.3. The molecule has 11 nitrogen and oxygen atoms in total. The van der Waals surface area contributed by atoms with Gasteiger partial charge in [0.2, 0.25) is 0 Å². The number of carbonyl (C=O) groups is 2. The maximum Gasteiger partial charge on any atom is 0.316 e. The summed E-state index contributed by atoms with van der Waals surface area (Å²) in [6.07, 6.45) is 7.93. The molecule has 3 fully saturated rings. The van der Waals surface area contributed by atoms with Crippen molar-refractivity contribution < 1.29 is 49.0 Å². The van der Waals surface area contributed by atoms with E-state index in [9.17, 15) is 25.2 Å². The molecule has 5 aliphatic carbocycles. The second-order valence-corrected chi connectivity index (χ2v) is 21.8. The number of nitrogens with one attached hydrogen (secondary N) is 1. The summed E-state index contributed by atoms with van der Waals surface area (Å²) in [6, 6.07) is 35.5. The smallest absolute Gasteiger partial charge is 0.316 e. The number of allylic oxidation sites excluding steroid dienone is 1. The highest BCUT2D eigenvalue weighted by atomic mass is 16.6. The van der Waals surface area contributed by atoms with E-state index in [0.29, 0.717) is 56.6 Å². The van der Waals surface area contributed by atoms with Crippen molar-refractivity contribution >= 4 is 28.8 Å². The first-order valence-electron chi connectivity index (χ1n) is 26.5. The summed E-state index contributed by atoms with van der Waals surface area (Å²) in [7, 11) is 4.99. The Balaban J connectivity index is 1.08. The van der Waals surface area contributed by atoms with E-state index in [0.717, 1.165) is 80.1 Å². The second kappa shape index (κ2) is 19.8. The van der Waals surface area contributed by atoms with Gasteiger partial charge in [0.05, 0.1) is 25.7 Å². The van der Waals surface area contributed by atoms with E-state index in [1.54, 1.807) is 31.4 Å². The van der Waals surface area contributed by atoms with E-state index in [2.05, 4.69) is 53.9 Å². The number of carbonyl (C=O) groups excluding carboxylic acids is 2. The summed E-state index contributed by atoms with van der Waals surface area (Å²) in [6.45, 7) is 2.13. The Bertz CT molecular complexity index is 3140. The van der Waals surface area contributed by atoms with Gasteiger partial charge in [0.25, 0.3) is 0 Å². The molecule has 0 aliphatic heterocycles. The fraction of sp³-hybridized carbons (Fsp3) is 0.397. The number of aromatic hydroxyl groups is 3. The Morgan fingerprint density at radius 2 is 1.51 bits per heavy atom. The van der Waals surface area contributed by atoms with Crippen LogP contribution in [0.3, 0.4) is 0 Å². The lowest BCUT2D eigenvalue weighted by atomic mass is 9.40. The third-order valence-corrected chi connectivity index (χ3v) is 17.9. The number of esters is 2. The fourth-order valence-corrected chi connectivity index (χ4v) is 14.8. The number of phenols is 3. The predicted molar refractivity (Wildman–Crippen MR) is 284 cm³/mol.